The zero-order valence-electron chi connectivity index (χ0n) is 23.6. The van der Waals surface area contributed by atoms with Gasteiger partial charge in [0.1, 0.15) is 23.9 Å². The normalized spacial score (nSPS) is 14.9. The van der Waals surface area contributed by atoms with Crippen LogP contribution >= 0.6 is 0 Å². The number of halogens is 1. The highest BCUT2D eigenvalue weighted by atomic mass is 19.1. The van der Waals surface area contributed by atoms with Crippen molar-refractivity contribution in [3.8, 4) is 0 Å². The van der Waals surface area contributed by atoms with Crippen molar-refractivity contribution in [2.75, 3.05) is 12.1 Å². The van der Waals surface area contributed by atoms with Crippen molar-refractivity contribution in [3.05, 3.63) is 83.7 Å². The molecule has 3 aromatic rings. The second kappa shape index (κ2) is 16.4. The van der Waals surface area contributed by atoms with E-state index in [1.54, 1.807) is 6.07 Å². The number of carbonyl (C=O) groups excluding carboxylic acids is 1. The number of hydrogen-bond acceptors (Lipinski definition) is 6. The number of ketones is 1. The predicted molar refractivity (Wildman–Crippen MR) is 157 cm³/mol. The first kappa shape index (κ1) is 31.7. The monoisotopic (exact) mass is 536 g/mol. The second-order valence-electron chi connectivity index (χ2n) is 9.14. The number of rotatable bonds is 9. The smallest absolute Gasteiger partial charge is 0.300 e. The minimum absolute atomic E-state index is 0.0333. The number of aromatic nitrogens is 1. The lowest BCUT2D eigenvalue weighted by atomic mass is 9.89. The van der Waals surface area contributed by atoms with E-state index >= 15 is 0 Å². The average Bonchev–Trinajstić information content (AvgIpc) is 3.16. The van der Waals surface area contributed by atoms with Crippen molar-refractivity contribution in [3.63, 3.8) is 0 Å². The van der Waals surface area contributed by atoms with Crippen LogP contribution in [0.5, 0.6) is 0 Å². The highest BCUT2D eigenvalue weighted by Crippen LogP contribution is 2.28. The molecule has 39 heavy (non-hydrogen) atoms. The number of unbranched alkanes of at least 4 members (excludes halogenated alkanes) is 2. The fourth-order valence-electron chi connectivity index (χ4n) is 4.16. The van der Waals surface area contributed by atoms with Crippen LogP contribution in [0.1, 0.15) is 64.5 Å². The summed E-state index contributed by atoms with van der Waals surface area (Å²) in [6, 6.07) is 11.0. The molecule has 0 bridgehead atoms. The number of benzene rings is 2. The van der Waals surface area contributed by atoms with Gasteiger partial charge in [-0.2, -0.15) is 4.98 Å². The Bertz CT molecular complexity index is 1290. The van der Waals surface area contributed by atoms with Crippen molar-refractivity contribution < 1.29 is 23.8 Å². The lowest BCUT2D eigenvalue weighted by Crippen LogP contribution is -2.18. The molecule has 0 amide bonds. The van der Waals surface area contributed by atoms with Gasteiger partial charge < -0.3 is 19.9 Å². The third-order valence-corrected chi connectivity index (χ3v) is 6.22. The van der Waals surface area contributed by atoms with Crippen molar-refractivity contribution >= 4 is 34.2 Å². The summed E-state index contributed by atoms with van der Waals surface area (Å²) in [5.41, 5.74) is 4.32. The zero-order chi connectivity index (χ0) is 28.8. The molecule has 0 saturated carbocycles. The summed E-state index contributed by atoms with van der Waals surface area (Å²) < 4.78 is 20.6. The Morgan fingerprint density at radius 3 is 2.56 bits per heavy atom. The first-order chi connectivity index (χ1) is 18.9. The fourth-order valence-corrected chi connectivity index (χ4v) is 4.16. The number of allylic oxidation sites excluding steroid dienone is 6. The van der Waals surface area contributed by atoms with E-state index in [-0.39, 0.29) is 29.3 Å². The van der Waals surface area contributed by atoms with Crippen LogP contribution < -0.4 is 5.32 Å². The van der Waals surface area contributed by atoms with E-state index in [0.717, 1.165) is 47.9 Å². The van der Waals surface area contributed by atoms with Gasteiger partial charge in [-0.25, -0.2) is 4.39 Å². The van der Waals surface area contributed by atoms with Crippen molar-refractivity contribution in [1.29, 1.82) is 0 Å². The van der Waals surface area contributed by atoms with Gasteiger partial charge in [-0.3, -0.25) is 4.79 Å². The molecule has 1 aromatic heterocycles. The molecule has 6 nitrogen and oxygen atoms in total. The standard InChI is InChI=1S/C29H31FN2O2.C2H6.CH4O2/c1-4-5-6-8-20(3)28(33)22-10-7-9-21(12-13-22)23-14-16-25(24(30)18-23)31-29-32-26-15-11-19(2)17-27(26)34-29;1-2;2-1-3/h7,9-18,20,22H,4-6,8H2,1-3H3,(H,31,32);1-2H3;2-3H,1H2. The van der Waals surface area contributed by atoms with Gasteiger partial charge in [-0.15, -0.1) is 0 Å². The van der Waals surface area contributed by atoms with Crippen LogP contribution in [0.25, 0.3) is 16.7 Å². The van der Waals surface area contributed by atoms with E-state index in [4.69, 9.17) is 14.6 Å². The molecular weight excluding hydrogens is 495 g/mol. The van der Waals surface area contributed by atoms with Gasteiger partial charge in [-0.1, -0.05) is 89.5 Å². The number of nitrogens with zero attached hydrogens (tertiary/aromatic N) is 1. The van der Waals surface area contributed by atoms with Crippen molar-refractivity contribution in [1.82, 2.24) is 4.98 Å². The quantitative estimate of drug-likeness (QED) is 0.190. The van der Waals surface area contributed by atoms with Crippen LogP contribution in [0.2, 0.25) is 0 Å². The Labute approximate surface area is 231 Å². The van der Waals surface area contributed by atoms with Crippen LogP contribution in [0.15, 0.2) is 71.2 Å². The Hall–Kier alpha value is -3.55. The molecule has 0 radical (unpaired) electrons. The van der Waals surface area contributed by atoms with E-state index in [9.17, 15) is 9.18 Å². The molecule has 4 rings (SSSR count). The number of aliphatic hydroxyl groups excluding tert-OH is 1. The van der Waals surface area contributed by atoms with Crippen molar-refractivity contribution in [2.24, 2.45) is 11.8 Å². The molecule has 0 aliphatic heterocycles. The van der Waals surface area contributed by atoms with E-state index in [2.05, 4.69) is 17.2 Å². The third-order valence-electron chi connectivity index (χ3n) is 6.22. The molecular formula is C32H41FN2O4. The molecule has 0 spiro atoms. The van der Waals surface area contributed by atoms with Crippen LogP contribution in [-0.4, -0.2) is 27.8 Å². The maximum absolute atomic E-state index is 14.9. The Balaban J connectivity index is 0.000000998. The van der Waals surface area contributed by atoms with Gasteiger partial charge in [0.15, 0.2) is 5.58 Å². The molecule has 1 aliphatic rings. The highest BCUT2D eigenvalue weighted by Gasteiger charge is 2.20. The Morgan fingerprint density at radius 1 is 1.13 bits per heavy atom. The maximum atomic E-state index is 14.9. The second-order valence-corrected chi connectivity index (χ2v) is 9.14. The molecule has 2 aromatic carbocycles. The number of Topliss-reactive ketones (excluding diaryl/α,β-unsaturated/α-hetero) is 1. The van der Waals surface area contributed by atoms with Gasteiger partial charge in [0.25, 0.3) is 6.01 Å². The van der Waals surface area contributed by atoms with Crippen LogP contribution in [0.3, 0.4) is 0 Å². The summed E-state index contributed by atoms with van der Waals surface area (Å²) in [6.07, 6.45) is 13.9. The number of aliphatic hydroxyl groups is 2. The molecule has 2 atom stereocenters. The number of nitrogens with one attached hydrogen (secondary N) is 1. The lowest BCUT2D eigenvalue weighted by Gasteiger charge is -2.14. The largest absolute Gasteiger partial charge is 0.423 e. The van der Waals surface area contributed by atoms with E-state index < -0.39 is 12.6 Å². The first-order valence-electron chi connectivity index (χ1n) is 13.6. The molecule has 1 heterocycles. The van der Waals surface area contributed by atoms with Crippen LogP contribution in [0, 0.1) is 24.6 Å². The first-order valence-corrected chi connectivity index (χ1v) is 13.6. The SMILES string of the molecule is CC.CCCCCC(C)C(=O)C1C=CC=C(c2ccc(Nc3nc4ccc(C)cc4o3)c(F)c2)C=C1.OCO. The third kappa shape index (κ3) is 9.30. The molecule has 210 valence electrons. The summed E-state index contributed by atoms with van der Waals surface area (Å²) in [4.78, 5) is 17.2. The summed E-state index contributed by atoms with van der Waals surface area (Å²) in [7, 11) is 0. The number of carbonyl (C=O) groups is 1. The number of oxazole rings is 1. The van der Waals surface area contributed by atoms with E-state index in [1.807, 2.05) is 82.3 Å². The Kier molecular flexibility index (Phi) is 13.3. The number of hydrogen-bond donors (Lipinski definition) is 3. The molecule has 3 N–H and O–H groups in total. The molecule has 0 saturated heterocycles. The number of fused-ring (bicyclic) bond motifs is 1. The van der Waals surface area contributed by atoms with Gasteiger partial charge in [0.05, 0.1) is 11.6 Å². The van der Waals surface area contributed by atoms with Gasteiger partial charge in [0.2, 0.25) is 0 Å². The average molecular weight is 537 g/mol. The maximum Gasteiger partial charge on any atom is 0.300 e. The molecule has 2 unspecified atom stereocenters. The van der Waals surface area contributed by atoms with Gasteiger partial charge in [0, 0.05) is 5.92 Å². The van der Waals surface area contributed by atoms with Crippen LogP contribution in [-0.2, 0) is 4.79 Å². The summed E-state index contributed by atoms with van der Waals surface area (Å²) in [6.45, 7) is 9.40. The fraction of sp³-hybridized carbons (Fsp3) is 0.375. The zero-order valence-corrected chi connectivity index (χ0v) is 23.6. The van der Waals surface area contributed by atoms with Crippen LogP contribution in [0.4, 0.5) is 16.1 Å². The topological polar surface area (TPSA) is 95.6 Å². The molecule has 0 fully saturated rings. The Morgan fingerprint density at radius 2 is 1.87 bits per heavy atom. The lowest BCUT2D eigenvalue weighted by molar-refractivity contribution is -0.123. The van der Waals surface area contributed by atoms with E-state index in [0.29, 0.717) is 5.58 Å². The molecule has 1 aliphatic carbocycles. The molecule has 7 heteroatoms. The van der Waals surface area contributed by atoms with Crippen molar-refractivity contribution in [2.45, 2.75) is 60.3 Å². The highest BCUT2D eigenvalue weighted by molar-refractivity contribution is 5.88. The summed E-state index contributed by atoms with van der Waals surface area (Å²) in [5, 5.41) is 17.2. The van der Waals surface area contributed by atoms with Gasteiger partial charge >= 0.3 is 0 Å². The minimum atomic E-state index is -0.750. The minimum Gasteiger partial charge on any atom is -0.423 e. The summed E-state index contributed by atoms with van der Waals surface area (Å²) >= 11 is 0. The van der Waals surface area contributed by atoms with Gasteiger partial charge in [-0.05, 0) is 54.3 Å². The predicted octanol–water partition coefficient (Wildman–Crippen LogP) is 7.88. The summed E-state index contributed by atoms with van der Waals surface area (Å²) in [5.74, 6) is -0.391. The van der Waals surface area contributed by atoms with E-state index in [1.165, 1.54) is 6.07 Å². The number of aryl methyl sites for hydroxylation is 1. The number of anilines is 2.